The van der Waals surface area contributed by atoms with Crippen LogP contribution < -0.4 is 11.1 Å². The fourth-order valence-corrected chi connectivity index (χ4v) is 1.73. The topological polar surface area (TPSA) is 47.3 Å². The van der Waals surface area contributed by atoms with Gasteiger partial charge in [-0.25, -0.2) is 4.39 Å². The van der Waals surface area contributed by atoms with Crippen LogP contribution in [0.3, 0.4) is 0 Å². The lowest BCUT2D eigenvalue weighted by Crippen LogP contribution is -2.47. The van der Waals surface area contributed by atoms with Crippen molar-refractivity contribution in [2.75, 3.05) is 19.8 Å². The fraction of sp³-hybridized carbons (Fsp3) is 0.455. The Hall–Kier alpha value is -0.970. The van der Waals surface area contributed by atoms with E-state index in [-0.39, 0.29) is 17.9 Å². The van der Waals surface area contributed by atoms with E-state index in [1.54, 1.807) is 12.1 Å². The molecule has 2 unspecified atom stereocenters. The molecule has 1 heterocycles. The van der Waals surface area contributed by atoms with Crippen LogP contribution in [0.5, 0.6) is 0 Å². The molecule has 0 aliphatic carbocycles. The van der Waals surface area contributed by atoms with Crippen LogP contribution in [0.25, 0.3) is 0 Å². The highest BCUT2D eigenvalue weighted by molar-refractivity contribution is 5.21. The Balaban J connectivity index is 2.05. The Labute approximate surface area is 88.4 Å². The van der Waals surface area contributed by atoms with Gasteiger partial charge in [0.15, 0.2) is 0 Å². The largest absolute Gasteiger partial charge is 0.378 e. The minimum absolute atomic E-state index is 0.115. The number of nitrogens with one attached hydrogen (secondary N) is 1. The van der Waals surface area contributed by atoms with Crippen LogP contribution in [0.1, 0.15) is 11.6 Å². The molecule has 1 fully saturated rings. The Morgan fingerprint density at radius 1 is 1.40 bits per heavy atom. The van der Waals surface area contributed by atoms with E-state index >= 15 is 0 Å². The van der Waals surface area contributed by atoms with E-state index in [1.165, 1.54) is 12.1 Å². The lowest BCUT2D eigenvalue weighted by molar-refractivity contribution is 0.0685. The molecule has 0 amide bonds. The predicted molar refractivity (Wildman–Crippen MR) is 55.9 cm³/mol. The van der Waals surface area contributed by atoms with Gasteiger partial charge in [-0.15, -0.1) is 0 Å². The SMILES string of the molecule is NC(c1ccc(F)cc1)C1COCCN1. The number of ether oxygens (including phenoxy) is 1. The summed E-state index contributed by atoms with van der Waals surface area (Å²) in [6.45, 7) is 2.16. The van der Waals surface area contributed by atoms with Gasteiger partial charge in [-0.1, -0.05) is 12.1 Å². The van der Waals surface area contributed by atoms with Crippen LogP contribution in [0.2, 0.25) is 0 Å². The normalized spacial score (nSPS) is 23.7. The zero-order valence-electron chi connectivity index (χ0n) is 8.45. The molecule has 0 spiro atoms. The van der Waals surface area contributed by atoms with Crippen LogP contribution in [0.4, 0.5) is 4.39 Å². The molecule has 3 nitrogen and oxygen atoms in total. The number of hydrogen-bond donors (Lipinski definition) is 2. The van der Waals surface area contributed by atoms with Crippen LogP contribution in [-0.2, 0) is 4.74 Å². The fourth-order valence-electron chi connectivity index (χ4n) is 1.73. The highest BCUT2D eigenvalue weighted by Gasteiger charge is 2.21. The van der Waals surface area contributed by atoms with E-state index in [0.717, 1.165) is 18.7 Å². The maximum Gasteiger partial charge on any atom is 0.123 e. The van der Waals surface area contributed by atoms with Crippen molar-refractivity contribution in [3.8, 4) is 0 Å². The molecule has 0 radical (unpaired) electrons. The first kappa shape index (κ1) is 10.5. The second-order valence-electron chi connectivity index (χ2n) is 3.71. The Morgan fingerprint density at radius 2 is 2.13 bits per heavy atom. The van der Waals surface area contributed by atoms with Gasteiger partial charge in [0.05, 0.1) is 13.2 Å². The van der Waals surface area contributed by atoms with Crippen LogP contribution in [0.15, 0.2) is 24.3 Å². The summed E-state index contributed by atoms with van der Waals surface area (Å²) < 4.78 is 18.0. The molecule has 1 aliphatic heterocycles. The van der Waals surface area contributed by atoms with E-state index in [4.69, 9.17) is 10.5 Å². The first-order valence-electron chi connectivity index (χ1n) is 5.09. The summed E-state index contributed by atoms with van der Waals surface area (Å²) in [6, 6.07) is 6.26. The highest BCUT2D eigenvalue weighted by Crippen LogP contribution is 2.16. The molecule has 1 aliphatic rings. The van der Waals surface area contributed by atoms with Crippen molar-refractivity contribution >= 4 is 0 Å². The first-order chi connectivity index (χ1) is 7.27. The third-order valence-corrected chi connectivity index (χ3v) is 2.64. The summed E-state index contributed by atoms with van der Waals surface area (Å²) in [5, 5.41) is 3.29. The minimum Gasteiger partial charge on any atom is -0.378 e. The Morgan fingerprint density at radius 3 is 2.73 bits per heavy atom. The lowest BCUT2D eigenvalue weighted by Gasteiger charge is -2.29. The molecule has 2 atom stereocenters. The molecule has 4 heteroatoms. The molecule has 0 bridgehead atoms. The van der Waals surface area contributed by atoms with Crippen molar-refractivity contribution in [2.24, 2.45) is 5.73 Å². The number of halogens is 1. The molecular weight excluding hydrogens is 195 g/mol. The van der Waals surface area contributed by atoms with E-state index in [0.29, 0.717) is 6.61 Å². The smallest absolute Gasteiger partial charge is 0.123 e. The monoisotopic (exact) mass is 210 g/mol. The van der Waals surface area contributed by atoms with Gasteiger partial charge >= 0.3 is 0 Å². The molecule has 3 N–H and O–H groups in total. The van der Waals surface area contributed by atoms with Gasteiger partial charge < -0.3 is 15.8 Å². The number of nitrogens with two attached hydrogens (primary N) is 1. The van der Waals surface area contributed by atoms with Gasteiger partial charge in [-0.05, 0) is 17.7 Å². The van der Waals surface area contributed by atoms with Crippen LogP contribution in [0, 0.1) is 5.82 Å². The maximum absolute atomic E-state index is 12.7. The molecule has 1 aromatic carbocycles. The highest BCUT2D eigenvalue weighted by atomic mass is 19.1. The summed E-state index contributed by atoms with van der Waals surface area (Å²) in [6.07, 6.45) is 0. The third kappa shape index (κ3) is 2.53. The van der Waals surface area contributed by atoms with Crippen LogP contribution >= 0.6 is 0 Å². The lowest BCUT2D eigenvalue weighted by atomic mass is 10.00. The summed E-state index contributed by atoms with van der Waals surface area (Å²) in [7, 11) is 0. The van der Waals surface area contributed by atoms with Gasteiger partial charge in [0.1, 0.15) is 5.82 Å². The second kappa shape index (κ2) is 4.70. The Bertz CT molecular complexity index is 309. The van der Waals surface area contributed by atoms with Crippen molar-refractivity contribution in [3.63, 3.8) is 0 Å². The van der Waals surface area contributed by atoms with Crippen molar-refractivity contribution in [1.82, 2.24) is 5.32 Å². The van der Waals surface area contributed by atoms with E-state index in [1.807, 2.05) is 0 Å². The maximum atomic E-state index is 12.7. The van der Waals surface area contributed by atoms with E-state index in [2.05, 4.69) is 5.32 Å². The average molecular weight is 210 g/mol. The summed E-state index contributed by atoms with van der Waals surface area (Å²) in [5.74, 6) is -0.237. The summed E-state index contributed by atoms with van der Waals surface area (Å²) >= 11 is 0. The summed E-state index contributed by atoms with van der Waals surface area (Å²) in [5.41, 5.74) is 6.98. The molecule has 1 aromatic rings. The standard InChI is InChI=1S/C11H15FN2O/c12-9-3-1-8(2-4-9)11(13)10-7-15-6-5-14-10/h1-4,10-11,14H,5-7,13H2. The Kier molecular flexibility index (Phi) is 3.30. The van der Waals surface area contributed by atoms with Gasteiger partial charge in [-0.2, -0.15) is 0 Å². The third-order valence-electron chi connectivity index (χ3n) is 2.64. The number of benzene rings is 1. The predicted octanol–water partition coefficient (Wildman–Crippen LogP) is 0.814. The van der Waals surface area contributed by atoms with E-state index < -0.39 is 0 Å². The minimum atomic E-state index is -0.237. The van der Waals surface area contributed by atoms with Gasteiger partial charge in [0.25, 0.3) is 0 Å². The molecule has 2 rings (SSSR count). The van der Waals surface area contributed by atoms with Gasteiger partial charge in [0, 0.05) is 18.6 Å². The zero-order valence-corrected chi connectivity index (χ0v) is 8.45. The molecular formula is C11H15FN2O. The summed E-state index contributed by atoms with van der Waals surface area (Å²) in [4.78, 5) is 0. The van der Waals surface area contributed by atoms with Crippen molar-refractivity contribution in [3.05, 3.63) is 35.6 Å². The van der Waals surface area contributed by atoms with Crippen molar-refractivity contribution in [1.29, 1.82) is 0 Å². The zero-order chi connectivity index (χ0) is 10.7. The quantitative estimate of drug-likeness (QED) is 0.759. The average Bonchev–Trinajstić information content (AvgIpc) is 2.30. The van der Waals surface area contributed by atoms with Crippen LogP contribution in [-0.4, -0.2) is 25.8 Å². The molecule has 15 heavy (non-hydrogen) atoms. The number of rotatable bonds is 2. The van der Waals surface area contributed by atoms with Crippen molar-refractivity contribution < 1.29 is 9.13 Å². The van der Waals surface area contributed by atoms with Gasteiger partial charge in [-0.3, -0.25) is 0 Å². The first-order valence-corrected chi connectivity index (χ1v) is 5.09. The molecule has 0 aromatic heterocycles. The van der Waals surface area contributed by atoms with Crippen molar-refractivity contribution in [2.45, 2.75) is 12.1 Å². The van der Waals surface area contributed by atoms with Gasteiger partial charge in [0.2, 0.25) is 0 Å². The molecule has 0 saturated carbocycles. The van der Waals surface area contributed by atoms with E-state index in [9.17, 15) is 4.39 Å². The second-order valence-corrected chi connectivity index (χ2v) is 3.71. The number of morpholine rings is 1. The molecule has 1 saturated heterocycles. The molecule has 82 valence electrons. The number of hydrogen-bond acceptors (Lipinski definition) is 3.